The number of hydrogen-bond donors (Lipinski definition) is 1. The highest BCUT2D eigenvalue weighted by Crippen LogP contribution is 2.29. The molecule has 4 aromatic rings. The molecule has 30 heavy (non-hydrogen) atoms. The third-order valence-corrected chi connectivity index (χ3v) is 4.74. The molecular weight excluding hydrogens is 376 g/mol. The number of amides is 1. The molecule has 2 N–H and O–H groups in total. The first-order chi connectivity index (χ1) is 14.5. The third kappa shape index (κ3) is 4.33. The second-order valence-corrected chi connectivity index (χ2v) is 6.56. The van der Waals surface area contributed by atoms with Crippen LogP contribution in [0, 0.1) is 0 Å². The second-order valence-electron chi connectivity index (χ2n) is 6.56. The number of benzene rings is 2. The molecule has 156 valence electrons. The van der Waals surface area contributed by atoms with E-state index < -0.39 is 5.91 Å². The van der Waals surface area contributed by atoms with E-state index in [4.69, 9.17) is 10.5 Å². The topological polar surface area (TPSA) is 83.0 Å². The summed E-state index contributed by atoms with van der Waals surface area (Å²) in [7, 11) is 1.90. The van der Waals surface area contributed by atoms with Gasteiger partial charge in [0.25, 0.3) is 0 Å². The number of nitrogens with zero attached hydrogens (tertiary/aromatic N) is 3. The van der Waals surface area contributed by atoms with Crippen molar-refractivity contribution in [2.24, 2.45) is 12.8 Å². The average molecular weight is 405 g/mol. The molecular formula is C24H28N4O2. The average Bonchev–Trinajstić information content (AvgIpc) is 3.15. The Bertz CT molecular complexity index is 1190. The normalized spacial score (nSPS) is 10.4. The molecule has 0 saturated carbocycles. The van der Waals surface area contributed by atoms with Gasteiger partial charge in [-0.1, -0.05) is 26.8 Å². The van der Waals surface area contributed by atoms with Gasteiger partial charge in [-0.15, -0.1) is 0 Å². The quantitative estimate of drug-likeness (QED) is 0.485. The molecule has 6 heteroatoms. The standard InChI is InChI=1S/C22H20N4O2.C2H6.H2/c1-3-14-10-15(5-7-19(14)22(23)27)20-11-18(8-9-24-20)28-17-6-4-16-13-25-26(2)21(16)12-17;1-2;/h4-13H,3H2,1-2H3,(H2,23,27);1-2H3;1H. The number of pyridine rings is 1. The van der Waals surface area contributed by atoms with Crippen LogP contribution in [0.5, 0.6) is 11.5 Å². The Morgan fingerprint density at radius 2 is 1.87 bits per heavy atom. The van der Waals surface area contributed by atoms with Gasteiger partial charge >= 0.3 is 0 Å². The molecule has 0 saturated heterocycles. The number of rotatable bonds is 5. The van der Waals surface area contributed by atoms with Crippen LogP contribution in [-0.2, 0) is 13.5 Å². The van der Waals surface area contributed by atoms with Crippen molar-refractivity contribution in [1.82, 2.24) is 14.8 Å². The number of carbonyl (C=O) groups is 1. The lowest BCUT2D eigenvalue weighted by atomic mass is 9.99. The van der Waals surface area contributed by atoms with Crippen LogP contribution in [0.4, 0.5) is 0 Å². The first-order valence-electron chi connectivity index (χ1n) is 10.0. The molecule has 0 fully saturated rings. The number of aryl methyl sites for hydroxylation is 2. The van der Waals surface area contributed by atoms with E-state index in [1.807, 2.05) is 81.2 Å². The van der Waals surface area contributed by atoms with Crippen molar-refractivity contribution in [3.05, 3.63) is 72.1 Å². The zero-order valence-corrected chi connectivity index (χ0v) is 17.7. The summed E-state index contributed by atoms with van der Waals surface area (Å²) in [6.07, 6.45) is 4.25. The largest absolute Gasteiger partial charge is 0.457 e. The fraction of sp³-hybridized carbons (Fsp3) is 0.208. The summed E-state index contributed by atoms with van der Waals surface area (Å²) >= 11 is 0. The molecule has 0 spiro atoms. The van der Waals surface area contributed by atoms with Crippen LogP contribution in [0.2, 0.25) is 0 Å². The van der Waals surface area contributed by atoms with Crippen molar-refractivity contribution < 1.29 is 11.0 Å². The number of aromatic nitrogens is 3. The van der Waals surface area contributed by atoms with Gasteiger partial charge in [0.15, 0.2) is 0 Å². The van der Waals surface area contributed by atoms with Crippen molar-refractivity contribution in [2.75, 3.05) is 0 Å². The number of ether oxygens (including phenoxy) is 1. The number of carbonyl (C=O) groups excluding carboxylic acids is 1. The van der Waals surface area contributed by atoms with Gasteiger partial charge in [-0.25, -0.2) is 0 Å². The maximum absolute atomic E-state index is 11.6. The summed E-state index contributed by atoms with van der Waals surface area (Å²) < 4.78 is 7.85. The van der Waals surface area contributed by atoms with E-state index in [0.717, 1.165) is 33.5 Å². The van der Waals surface area contributed by atoms with Crippen molar-refractivity contribution in [3.8, 4) is 22.8 Å². The van der Waals surface area contributed by atoms with Gasteiger partial charge in [0, 0.05) is 43.3 Å². The molecule has 0 radical (unpaired) electrons. The Hall–Kier alpha value is -3.67. The molecule has 0 atom stereocenters. The highest BCUT2D eigenvalue weighted by Gasteiger charge is 2.10. The molecule has 2 aromatic carbocycles. The molecule has 1 amide bonds. The van der Waals surface area contributed by atoms with Crippen LogP contribution in [0.1, 0.15) is 38.1 Å². The Kier molecular flexibility index (Phi) is 6.47. The van der Waals surface area contributed by atoms with E-state index in [1.165, 1.54) is 0 Å². The molecule has 0 bridgehead atoms. The predicted octanol–water partition coefficient (Wildman–Crippen LogP) is 5.36. The van der Waals surface area contributed by atoms with E-state index in [-0.39, 0.29) is 1.43 Å². The molecule has 2 heterocycles. The number of fused-ring (bicyclic) bond motifs is 1. The fourth-order valence-electron chi connectivity index (χ4n) is 3.24. The van der Waals surface area contributed by atoms with Gasteiger partial charge in [0.1, 0.15) is 11.5 Å². The molecule has 0 aliphatic heterocycles. The highest BCUT2D eigenvalue weighted by atomic mass is 16.5. The Balaban J connectivity index is 0.00000111. The summed E-state index contributed by atoms with van der Waals surface area (Å²) in [6.45, 7) is 5.99. The van der Waals surface area contributed by atoms with E-state index >= 15 is 0 Å². The van der Waals surface area contributed by atoms with Crippen molar-refractivity contribution in [3.63, 3.8) is 0 Å². The lowest BCUT2D eigenvalue weighted by Crippen LogP contribution is -2.13. The van der Waals surface area contributed by atoms with E-state index in [0.29, 0.717) is 17.7 Å². The van der Waals surface area contributed by atoms with E-state index in [1.54, 1.807) is 12.3 Å². The van der Waals surface area contributed by atoms with Crippen LogP contribution in [0.3, 0.4) is 0 Å². The third-order valence-electron chi connectivity index (χ3n) is 4.74. The van der Waals surface area contributed by atoms with Gasteiger partial charge in [-0.2, -0.15) is 5.10 Å². The smallest absolute Gasteiger partial charge is 0.248 e. The van der Waals surface area contributed by atoms with Gasteiger partial charge in [0.2, 0.25) is 5.91 Å². The van der Waals surface area contributed by atoms with Crippen LogP contribution in [-0.4, -0.2) is 20.7 Å². The van der Waals surface area contributed by atoms with Crippen LogP contribution < -0.4 is 10.5 Å². The van der Waals surface area contributed by atoms with Crippen LogP contribution >= 0.6 is 0 Å². The second kappa shape index (κ2) is 9.22. The Labute approximate surface area is 177 Å². The molecule has 6 nitrogen and oxygen atoms in total. The van der Waals surface area contributed by atoms with Gasteiger partial charge < -0.3 is 10.5 Å². The molecule has 0 aliphatic carbocycles. The number of primary amides is 1. The Morgan fingerprint density at radius 3 is 2.60 bits per heavy atom. The monoisotopic (exact) mass is 404 g/mol. The predicted molar refractivity (Wildman–Crippen MR) is 122 cm³/mol. The first kappa shape index (κ1) is 21.0. The van der Waals surface area contributed by atoms with Gasteiger partial charge in [0.05, 0.1) is 17.4 Å². The lowest BCUT2D eigenvalue weighted by Gasteiger charge is -2.10. The molecule has 0 aliphatic rings. The highest BCUT2D eigenvalue weighted by molar-refractivity contribution is 5.95. The number of nitrogens with two attached hydrogens (primary N) is 1. The van der Waals surface area contributed by atoms with Crippen LogP contribution in [0.25, 0.3) is 22.2 Å². The summed E-state index contributed by atoms with van der Waals surface area (Å²) in [5.74, 6) is 0.995. The van der Waals surface area contributed by atoms with Gasteiger partial charge in [-0.3, -0.25) is 14.5 Å². The summed E-state index contributed by atoms with van der Waals surface area (Å²) in [4.78, 5) is 16.0. The molecule has 0 unspecified atom stereocenters. The molecule has 2 aromatic heterocycles. The molecule has 4 rings (SSSR count). The van der Waals surface area contributed by atoms with Gasteiger partial charge in [-0.05, 0) is 42.3 Å². The minimum atomic E-state index is -0.418. The SMILES string of the molecule is CC.CCc1cc(-c2cc(Oc3ccc4cnn(C)c4c3)ccn2)ccc1C(N)=O.[HH]. The zero-order valence-electron chi connectivity index (χ0n) is 17.7. The van der Waals surface area contributed by atoms with E-state index in [9.17, 15) is 4.79 Å². The Morgan fingerprint density at radius 1 is 1.10 bits per heavy atom. The zero-order chi connectivity index (χ0) is 21.7. The maximum Gasteiger partial charge on any atom is 0.248 e. The maximum atomic E-state index is 11.6. The van der Waals surface area contributed by atoms with Crippen molar-refractivity contribution >= 4 is 16.8 Å². The number of hydrogen-bond acceptors (Lipinski definition) is 4. The first-order valence-corrected chi connectivity index (χ1v) is 10.0. The minimum absolute atomic E-state index is 0. The minimum Gasteiger partial charge on any atom is -0.457 e. The van der Waals surface area contributed by atoms with E-state index in [2.05, 4.69) is 10.1 Å². The lowest BCUT2D eigenvalue weighted by molar-refractivity contribution is 0.0999. The van der Waals surface area contributed by atoms with Crippen molar-refractivity contribution in [1.29, 1.82) is 0 Å². The van der Waals surface area contributed by atoms with Crippen molar-refractivity contribution in [2.45, 2.75) is 27.2 Å². The van der Waals surface area contributed by atoms with Crippen LogP contribution in [0.15, 0.2) is 60.9 Å². The summed E-state index contributed by atoms with van der Waals surface area (Å²) in [6, 6.07) is 15.1. The summed E-state index contributed by atoms with van der Waals surface area (Å²) in [5, 5.41) is 5.31. The summed E-state index contributed by atoms with van der Waals surface area (Å²) in [5.41, 5.74) is 9.58. The fourth-order valence-corrected chi connectivity index (χ4v) is 3.24.